The van der Waals surface area contributed by atoms with Gasteiger partial charge in [0, 0.05) is 49.0 Å². The number of allylic oxidation sites excluding steroid dienone is 1. The van der Waals surface area contributed by atoms with Crippen LogP contribution >= 0.6 is 15.9 Å². The monoisotopic (exact) mass is 804 g/mol. The number of likely N-dealkylation sites (N-methyl/N-ethyl adjacent to an activating group) is 1. The summed E-state index contributed by atoms with van der Waals surface area (Å²) in [7, 11) is 1.71. The number of hydrogen-bond acceptors (Lipinski definition) is 8. The Hall–Kier alpha value is -4.00. The van der Waals surface area contributed by atoms with Crippen LogP contribution in [0.5, 0.6) is 0 Å². The van der Waals surface area contributed by atoms with Crippen LogP contribution in [-0.2, 0) is 28.7 Å². The van der Waals surface area contributed by atoms with Crippen molar-refractivity contribution in [2.24, 2.45) is 17.8 Å². The molecule has 11 nitrogen and oxygen atoms in total. The number of aliphatic hydroxyl groups is 1. The molecule has 6 rings (SSSR count). The Kier molecular flexibility index (Phi) is 12.0. The molecule has 0 aromatic heterocycles. The third kappa shape index (κ3) is 6.90. The number of fused-ring (bicyclic) bond motifs is 2. The highest BCUT2D eigenvalue weighted by Crippen LogP contribution is 2.60. The van der Waals surface area contributed by atoms with Crippen molar-refractivity contribution < 1.29 is 33.8 Å². The molecule has 1 spiro atoms. The second kappa shape index (κ2) is 16.4. The Morgan fingerprint density at radius 3 is 2.28 bits per heavy atom. The quantitative estimate of drug-likeness (QED) is 0.256. The molecule has 4 aliphatic rings. The molecule has 2 aromatic rings. The molecule has 0 aliphatic carbocycles. The number of halogens is 1. The van der Waals surface area contributed by atoms with Crippen molar-refractivity contribution in [3.8, 4) is 0 Å². The van der Waals surface area contributed by atoms with Crippen LogP contribution in [0.25, 0.3) is 0 Å². The van der Waals surface area contributed by atoms with Crippen molar-refractivity contribution in [2.45, 2.75) is 89.8 Å². The smallest absolute Gasteiger partial charge is 0.313 e. The van der Waals surface area contributed by atoms with E-state index >= 15 is 9.59 Å². The minimum atomic E-state index is -1.51. The lowest BCUT2D eigenvalue weighted by Crippen LogP contribution is -2.59. The number of aliphatic hydroxyl groups excluding tert-OH is 1. The average Bonchev–Trinajstić information content (AvgIpc) is 3.78. The Bertz CT molecular complexity index is 1770. The maximum Gasteiger partial charge on any atom is 0.313 e. The predicted molar refractivity (Wildman–Crippen MR) is 211 cm³/mol. The summed E-state index contributed by atoms with van der Waals surface area (Å²) in [5, 5.41) is 10.9. The molecule has 5 bridgehead atoms. The first-order valence-electron chi connectivity index (χ1n) is 19.2. The van der Waals surface area contributed by atoms with Gasteiger partial charge in [-0.25, -0.2) is 0 Å². The van der Waals surface area contributed by atoms with Gasteiger partial charge in [-0.1, -0.05) is 78.7 Å². The average molecular weight is 806 g/mol. The van der Waals surface area contributed by atoms with Crippen molar-refractivity contribution in [1.82, 2.24) is 9.80 Å². The van der Waals surface area contributed by atoms with Gasteiger partial charge in [-0.3, -0.25) is 19.2 Å². The molecule has 3 amide bonds. The lowest BCUT2D eigenvalue weighted by atomic mass is 9.74. The second-order valence-electron chi connectivity index (χ2n) is 14.9. The van der Waals surface area contributed by atoms with Crippen LogP contribution in [0.1, 0.15) is 65.5 Å². The summed E-state index contributed by atoms with van der Waals surface area (Å²) in [4.78, 5) is 65.6. The van der Waals surface area contributed by atoms with Gasteiger partial charge in [0.1, 0.15) is 29.8 Å². The van der Waals surface area contributed by atoms with Gasteiger partial charge in [0.15, 0.2) is 0 Å². The normalized spacial score (nSPS) is 30.6. The first kappa shape index (κ1) is 39.7. The fraction of sp³-hybridized carbons (Fsp3) is 0.524. The molecule has 2 aromatic carbocycles. The molecular weight excluding hydrogens is 752 g/mol. The molecular formula is C42H53BrN4O7. The Balaban J connectivity index is 1.51. The molecule has 290 valence electrons. The van der Waals surface area contributed by atoms with Crippen molar-refractivity contribution in [2.75, 3.05) is 43.1 Å². The predicted octanol–water partition coefficient (Wildman–Crippen LogP) is 5.63. The fourth-order valence-electron chi connectivity index (χ4n) is 8.68. The topological polar surface area (TPSA) is 120 Å². The molecule has 54 heavy (non-hydrogen) atoms. The van der Waals surface area contributed by atoms with E-state index in [9.17, 15) is 14.7 Å². The van der Waals surface area contributed by atoms with Crippen LogP contribution in [0.2, 0.25) is 0 Å². The van der Waals surface area contributed by atoms with Crippen LogP contribution < -0.4 is 9.80 Å². The zero-order chi connectivity index (χ0) is 38.9. The summed E-state index contributed by atoms with van der Waals surface area (Å²) in [6.07, 6.45) is 5.13. The van der Waals surface area contributed by atoms with Crippen LogP contribution in [0, 0.1) is 17.8 Å². The van der Waals surface area contributed by atoms with Gasteiger partial charge in [0.05, 0.1) is 24.6 Å². The number of anilines is 2. The van der Waals surface area contributed by atoms with E-state index < -0.39 is 65.6 Å². The minimum Gasteiger partial charge on any atom is -0.455 e. The first-order chi connectivity index (χ1) is 25.9. The number of nitrogens with zero attached hydrogens (tertiary/aromatic N) is 4. The summed E-state index contributed by atoms with van der Waals surface area (Å²) in [5.41, 5.74) is 0.829. The van der Waals surface area contributed by atoms with Gasteiger partial charge >= 0.3 is 5.97 Å². The number of rotatable bonds is 9. The third-order valence-electron chi connectivity index (χ3n) is 12.1. The SMILES string of the molecule is CC[C@H](C)[C@H](CO)N1C(=O)[C@@H]2[C@H]3C(=O)O[C@@H](c4ccccc4)[C@H](C)N(C)C(=O)CC/C=C\CN(c4ccc(N(CC)CC)cc4)C(=O)[C@@H]1[C@]21C=C(Br)[C@H]3O1. The van der Waals surface area contributed by atoms with Crippen molar-refractivity contribution >= 4 is 51.0 Å². The molecule has 4 heterocycles. The number of cyclic esters (lactones) is 1. The minimum absolute atomic E-state index is 0.119. The molecule has 4 aliphatic heterocycles. The van der Waals surface area contributed by atoms with Crippen LogP contribution in [0.15, 0.2) is 77.3 Å². The van der Waals surface area contributed by atoms with Crippen molar-refractivity contribution in [3.05, 3.63) is 82.9 Å². The van der Waals surface area contributed by atoms with E-state index in [-0.39, 0.29) is 31.4 Å². The van der Waals surface area contributed by atoms with E-state index in [4.69, 9.17) is 9.47 Å². The number of hydrogen-bond donors (Lipinski definition) is 1. The van der Waals surface area contributed by atoms with Gasteiger partial charge in [-0.2, -0.15) is 0 Å². The largest absolute Gasteiger partial charge is 0.455 e. The standard InChI is InChI=1S/C42H53BrN4O7/c1-7-26(4)32(25-48)47-38-40(51)46(30-21-19-29(20-22-30)45(8-2)9-3)23-15-11-14-18-33(49)44(6)27(5)36(28-16-12-10-13-17-28)53-41(52)34-35(39(47)50)42(38)24-31(43)37(34)54-42/h10-13,15-17,19-22,24,26-27,32,34-38,48H,7-9,14,18,23,25H2,1-6H3/b15-11-/t26-,27-,32-,34+,35-,36+,37+,38+,42-/m0/s1. The number of likely N-dealkylation sites (tertiary alicyclic amines) is 1. The van der Waals surface area contributed by atoms with E-state index in [1.165, 1.54) is 4.90 Å². The molecule has 2 saturated heterocycles. The second-order valence-corrected chi connectivity index (χ2v) is 15.8. The summed E-state index contributed by atoms with van der Waals surface area (Å²) < 4.78 is 13.7. The van der Waals surface area contributed by atoms with Gasteiger partial charge in [0.2, 0.25) is 11.8 Å². The molecule has 12 heteroatoms. The molecule has 0 saturated carbocycles. The number of amides is 3. The Morgan fingerprint density at radius 2 is 1.65 bits per heavy atom. The van der Waals surface area contributed by atoms with Gasteiger partial charge < -0.3 is 34.2 Å². The molecule has 0 radical (unpaired) electrons. The Labute approximate surface area is 327 Å². The maximum atomic E-state index is 15.4. The number of ether oxygens (including phenoxy) is 2. The van der Waals surface area contributed by atoms with Crippen LogP contribution in [-0.4, -0.2) is 102 Å². The Morgan fingerprint density at radius 1 is 0.963 bits per heavy atom. The maximum absolute atomic E-state index is 15.4. The van der Waals surface area contributed by atoms with E-state index in [1.807, 2.05) is 87.5 Å². The number of carbonyl (C=O) groups excluding carboxylic acids is 4. The number of carbonyl (C=O) groups is 4. The lowest BCUT2D eigenvalue weighted by molar-refractivity contribution is -0.164. The molecule has 0 unspecified atom stereocenters. The third-order valence-corrected chi connectivity index (χ3v) is 12.7. The van der Waals surface area contributed by atoms with E-state index in [1.54, 1.807) is 22.9 Å². The van der Waals surface area contributed by atoms with Gasteiger partial charge in [0.25, 0.3) is 5.91 Å². The fourth-order valence-corrected chi connectivity index (χ4v) is 9.42. The number of esters is 1. The van der Waals surface area contributed by atoms with Crippen LogP contribution in [0.4, 0.5) is 11.4 Å². The zero-order valence-electron chi connectivity index (χ0n) is 32.1. The number of benzene rings is 2. The van der Waals surface area contributed by atoms with E-state index in [2.05, 4.69) is 34.7 Å². The van der Waals surface area contributed by atoms with Gasteiger partial charge in [-0.15, -0.1) is 0 Å². The van der Waals surface area contributed by atoms with Crippen molar-refractivity contribution in [1.29, 1.82) is 0 Å². The molecule has 2 fully saturated rings. The van der Waals surface area contributed by atoms with Gasteiger partial charge in [-0.05, 0) is 69.0 Å². The highest BCUT2D eigenvalue weighted by molar-refractivity contribution is 9.11. The summed E-state index contributed by atoms with van der Waals surface area (Å²) in [5.74, 6) is -3.95. The van der Waals surface area contributed by atoms with Crippen molar-refractivity contribution in [3.63, 3.8) is 0 Å². The van der Waals surface area contributed by atoms with E-state index in [0.717, 1.165) is 18.8 Å². The summed E-state index contributed by atoms with van der Waals surface area (Å²) in [6, 6.07) is 14.6. The molecule has 9 atom stereocenters. The highest BCUT2D eigenvalue weighted by Gasteiger charge is 2.75. The zero-order valence-corrected chi connectivity index (χ0v) is 33.6. The summed E-state index contributed by atoms with van der Waals surface area (Å²) in [6.45, 7) is 11.4. The first-order valence-corrected chi connectivity index (χ1v) is 20.0. The molecule has 1 N–H and O–H groups in total. The lowest BCUT2D eigenvalue weighted by Gasteiger charge is -2.40. The summed E-state index contributed by atoms with van der Waals surface area (Å²) >= 11 is 3.65. The highest BCUT2D eigenvalue weighted by atomic mass is 79.9. The van der Waals surface area contributed by atoms with Crippen LogP contribution in [0.3, 0.4) is 0 Å². The van der Waals surface area contributed by atoms with E-state index in [0.29, 0.717) is 28.6 Å².